The number of allylic oxidation sites excluding steroid dienone is 1. The minimum absolute atomic E-state index is 0.202. The van der Waals surface area contributed by atoms with Gasteiger partial charge in [0.25, 0.3) is 0 Å². The predicted octanol–water partition coefficient (Wildman–Crippen LogP) is 1.08. The van der Waals surface area contributed by atoms with Crippen LogP contribution in [0.1, 0.15) is 16.1 Å². The maximum atomic E-state index is 11.2. The first-order valence-corrected chi connectivity index (χ1v) is 3.94. The Labute approximate surface area is 81.2 Å². The molecule has 0 saturated carbocycles. The molecule has 0 aliphatic carbocycles. The van der Waals surface area contributed by atoms with Crippen LogP contribution in [0.3, 0.4) is 0 Å². The second kappa shape index (κ2) is 4.91. The van der Waals surface area contributed by atoms with Gasteiger partial charge < -0.3 is 4.74 Å². The zero-order valence-electron chi connectivity index (χ0n) is 7.64. The summed E-state index contributed by atoms with van der Waals surface area (Å²) in [6.45, 7) is 0. The summed E-state index contributed by atoms with van der Waals surface area (Å²) in [7, 11) is 1.28. The van der Waals surface area contributed by atoms with Gasteiger partial charge >= 0.3 is 5.97 Å². The van der Waals surface area contributed by atoms with Gasteiger partial charge in [-0.15, -0.1) is 0 Å². The molecular weight excluding hydrogens is 182 g/mol. The van der Waals surface area contributed by atoms with Crippen molar-refractivity contribution in [1.29, 1.82) is 0 Å². The van der Waals surface area contributed by atoms with E-state index in [-0.39, 0.29) is 5.69 Å². The standard InChI is InChI=1S/C10H9NO3/c1-14-10(13)9-8(5-3-7-12)4-2-6-11-9/h2-7H,1H3. The molecule has 0 saturated heterocycles. The number of ether oxygens (including phenoxy) is 1. The van der Waals surface area contributed by atoms with Crippen molar-refractivity contribution in [2.45, 2.75) is 0 Å². The summed E-state index contributed by atoms with van der Waals surface area (Å²) >= 11 is 0. The summed E-state index contributed by atoms with van der Waals surface area (Å²) in [6.07, 6.45) is 4.92. The van der Waals surface area contributed by atoms with Gasteiger partial charge in [0.15, 0.2) is 5.69 Å². The van der Waals surface area contributed by atoms with Gasteiger partial charge in [0, 0.05) is 11.8 Å². The van der Waals surface area contributed by atoms with Crippen molar-refractivity contribution in [2.75, 3.05) is 7.11 Å². The van der Waals surface area contributed by atoms with Gasteiger partial charge in [-0.25, -0.2) is 9.78 Å². The highest BCUT2D eigenvalue weighted by Crippen LogP contribution is 2.08. The number of aromatic nitrogens is 1. The number of rotatable bonds is 3. The predicted molar refractivity (Wildman–Crippen MR) is 50.7 cm³/mol. The molecule has 1 aromatic rings. The molecule has 0 aliphatic rings. The molecule has 1 heterocycles. The molecule has 0 unspecified atom stereocenters. The van der Waals surface area contributed by atoms with E-state index in [1.54, 1.807) is 12.1 Å². The summed E-state index contributed by atoms with van der Waals surface area (Å²) < 4.78 is 4.53. The fourth-order valence-electron chi connectivity index (χ4n) is 0.962. The van der Waals surface area contributed by atoms with Gasteiger partial charge in [-0.1, -0.05) is 6.07 Å². The van der Waals surface area contributed by atoms with E-state index >= 15 is 0 Å². The third-order valence-corrected chi connectivity index (χ3v) is 1.57. The summed E-state index contributed by atoms with van der Waals surface area (Å²) in [5.41, 5.74) is 0.763. The average molecular weight is 191 g/mol. The van der Waals surface area contributed by atoms with Crippen molar-refractivity contribution in [3.8, 4) is 0 Å². The van der Waals surface area contributed by atoms with Crippen molar-refractivity contribution in [3.63, 3.8) is 0 Å². The minimum Gasteiger partial charge on any atom is -0.464 e. The van der Waals surface area contributed by atoms with Crippen LogP contribution < -0.4 is 0 Å². The van der Waals surface area contributed by atoms with Gasteiger partial charge in [0.05, 0.1) is 7.11 Å². The van der Waals surface area contributed by atoms with E-state index in [2.05, 4.69) is 9.72 Å². The Morgan fingerprint density at radius 3 is 3.00 bits per heavy atom. The molecule has 0 radical (unpaired) electrons. The van der Waals surface area contributed by atoms with Crippen molar-refractivity contribution in [3.05, 3.63) is 35.7 Å². The number of carbonyl (C=O) groups is 2. The van der Waals surface area contributed by atoms with Crippen LogP contribution in [0.2, 0.25) is 0 Å². The Morgan fingerprint density at radius 2 is 2.36 bits per heavy atom. The largest absolute Gasteiger partial charge is 0.464 e. The molecule has 1 aromatic heterocycles. The van der Waals surface area contributed by atoms with E-state index in [1.807, 2.05) is 0 Å². The van der Waals surface area contributed by atoms with E-state index < -0.39 is 5.97 Å². The highest BCUT2D eigenvalue weighted by Gasteiger charge is 2.09. The highest BCUT2D eigenvalue weighted by molar-refractivity contribution is 5.92. The maximum absolute atomic E-state index is 11.2. The quantitative estimate of drug-likeness (QED) is 0.407. The molecule has 0 aromatic carbocycles. The van der Waals surface area contributed by atoms with E-state index in [0.717, 1.165) is 0 Å². The lowest BCUT2D eigenvalue weighted by molar-refractivity contribution is -0.104. The van der Waals surface area contributed by atoms with Crippen molar-refractivity contribution in [1.82, 2.24) is 4.98 Å². The van der Waals surface area contributed by atoms with Crippen molar-refractivity contribution >= 4 is 18.3 Å². The molecule has 14 heavy (non-hydrogen) atoms. The molecule has 0 aliphatic heterocycles. The number of carbonyl (C=O) groups excluding carboxylic acids is 2. The van der Waals surface area contributed by atoms with E-state index in [0.29, 0.717) is 11.8 Å². The molecule has 72 valence electrons. The first kappa shape index (κ1) is 10.1. The Kier molecular flexibility index (Phi) is 3.55. The van der Waals surface area contributed by atoms with Gasteiger partial charge in [0.1, 0.15) is 6.29 Å². The number of hydrogen-bond acceptors (Lipinski definition) is 4. The average Bonchev–Trinajstić information content (AvgIpc) is 2.25. The zero-order chi connectivity index (χ0) is 10.4. The lowest BCUT2D eigenvalue weighted by Gasteiger charge is -2.01. The molecule has 0 fully saturated rings. The molecule has 0 atom stereocenters. The minimum atomic E-state index is -0.517. The summed E-state index contributed by atoms with van der Waals surface area (Å²) in [5, 5.41) is 0. The third kappa shape index (κ3) is 2.26. The SMILES string of the molecule is COC(=O)c1ncccc1C=CC=O. The van der Waals surface area contributed by atoms with Crippen LogP contribution in [0, 0.1) is 0 Å². The Bertz CT molecular complexity index is 371. The van der Waals surface area contributed by atoms with Gasteiger partial charge in [-0.05, 0) is 18.2 Å². The summed E-state index contributed by atoms with van der Waals surface area (Å²) in [4.78, 5) is 25.2. The highest BCUT2D eigenvalue weighted by atomic mass is 16.5. The number of nitrogens with zero attached hydrogens (tertiary/aromatic N) is 1. The normalized spacial score (nSPS) is 10.1. The lowest BCUT2D eigenvalue weighted by atomic mass is 10.2. The third-order valence-electron chi connectivity index (χ3n) is 1.57. The molecule has 1 rings (SSSR count). The number of aldehydes is 1. The van der Waals surface area contributed by atoms with Crippen LogP contribution >= 0.6 is 0 Å². The number of methoxy groups -OCH3 is 1. The molecule has 4 nitrogen and oxygen atoms in total. The van der Waals surface area contributed by atoms with Crippen LogP contribution in [-0.4, -0.2) is 24.3 Å². The molecule has 0 spiro atoms. The smallest absolute Gasteiger partial charge is 0.357 e. The number of hydrogen-bond donors (Lipinski definition) is 0. The van der Waals surface area contributed by atoms with E-state index in [4.69, 9.17) is 0 Å². The van der Waals surface area contributed by atoms with Crippen LogP contribution in [0.5, 0.6) is 0 Å². The maximum Gasteiger partial charge on any atom is 0.357 e. The molecule has 0 N–H and O–H groups in total. The first-order chi connectivity index (χ1) is 6.79. The number of esters is 1. The second-order valence-corrected chi connectivity index (χ2v) is 2.43. The first-order valence-electron chi connectivity index (χ1n) is 3.94. The van der Waals surface area contributed by atoms with Crippen LogP contribution in [-0.2, 0) is 9.53 Å². The number of pyridine rings is 1. The van der Waals surface area contributed by atoms with Gasteiger partial charge in [0.2, 0.25) is 0 Å². The van der Waals surface area contributed by atoms with E-state index in [1.165, 1.54) is 25.5 Å². The second-order valence-electron chi connectivity index (χ2n) is 2.43. The van der Waals surface area contributed by atoms with Crippen molar-refractivity contribution < 1.29 is 14.3 Å². The molecule has 4 heteroatoms. The fraction of sp³-hybridized carbons (Fsp3) is 0.100. The lowest BCUT2D eigenvalue weighted by Crippen LogP contribution is -2.06. The zero-order valence-corrected chi connectivity index (χ0v) is 7.64. The Morgan fingerprint density at radius 1 is 1.57 bits per heavy atom. The van der Waals surface area contributed by atoms with E-state index in [9.17, 15) is 9.59 Å². The summed E-state index contributed by atoms with van der Waals surface area (Å²) in [5.74, 6) is -0.517. The van der Waals surface area contributed by atoms with Crippen molar-refractivity contribution in [2.24, 2.45) is 0 Å². The Hall–Kier alpha value is -1.97. The van der Waals surface area contributed by atoms with Crippen LogP contribution in [0.15, 0.2) is 24.4 Å². The summed E-state index contributed by atoms with van der Waals surface area (Å²) in [6, 6.07) is 3.36. The Balaban J connectivity index is 3.08. The van der Waals surface area contributed by atoms with Crippen LogP contribution in [0.4, 0.5) is 0 Å². The molecular formula is C10H9NO3. The van der Waals surface area contributed by atoms with Gasteiger partial charge in [-0.3, -0.25) is 4.79 Å². The fourth-order valence-corrected chi connectivity index (χ4v) is 0.962. The molecule has 0 bridgehead atoms. The van der Waals surface area contributed by atoms with Gasteiger partial charge in [-0.2, -0.15) is 0 Å². The molecule has 0 amide bonds. The van der Waals surface area contributed by atoms with Crippen LogP contribution in [0.25, 0.3) is 6.08 Å². The topological polar surface area (TPSA) is 56.3 Å². The monoisotopic (exact) mass is 191 g/mol.